The van der Waals surface area contributed by atoms with E-state index in [4.69, 9.17) is 16.3 Å². The molecule has 0 bridgehead atoms. The van der Waals surface area contributed by atoms with Crippen LogP contribution < -0.4 is 4.74 Å². The lowest BCUT2D eigenvalue weighted by molar-refractivity contribution is -0.148. The lowest BCUT2D eigenvalue weighted by atomic mass is 9.66. The van der Waals surface area contributed by atoms with E-state index in [9.17, 15) is 19.8 Å². The summed E-state index contributed by atoms with van der Waals surface area (Å²) in [5.74, 6) is -2.35. The summed E-state index contributed by atoms with van der Waals surface area (Å²) in [7, 11) is 0. The number of ether oxygens (including phenoxy) is 1. The normalized spacial score (nSPS) is 20.8. The second-order valence-electron chi connectivity index (χ2n) is 7.06. The first-order valence-electron chi connectivity index (χ1n) is 9.15. The third-order valence-electron chi connectivity index (χ3n) is 5.31. The first-order chi connectivity index (χ1) is 13.8. The Labute approximate surface area is 173 Å². The Morgan fingerprint density at radius 1 is 1.14 bits per heavy atom. The Balaban J connectivity index is 1.81. The van der Waals surface area contributed by atoms with Gasteiger partial charge in [-0.3, -0.25) is 4.79 Å². The van der Waals surface area contributed by atoms with Crippen molar-refractivity contribution in [1.82, 2.24) is 0 Å². The lowest BCUT2D eigenvalue weighted by Crippen LogP contribution is -2.41. The Morgan fingerprint density at radius 3 is 2.48 bits per heavy atom. The summed E-state index contributed by atoms with van der Waals surface area (Å²) in [4.78, 5) is 23.6. The van der Waals surface area contributed by atoms with Crippen LogP contribution in [0.1, 0.15) is 18.1 Å². The average Bonchev–Trinajstić information content (AvgIpc) is 2.70. The van der Waals surface area contributed by atoms with Gasteiger partial charge in [-0.1, -0.05) is 73.2 Å². The molecule has 2 N–H and O–H groups in total. The summed E-state index contributed by atoms with van der Waals surface area (Å²) in [5, 5.41) is 19.7. The van der Waals surface area contributed by atoms with Crippen molar-refractivity contribution >= 4 is 23.5 Å². The fourth-order valence-electron chi connectivity index (χ4n) is 3.51. The number of hydrogen-bond donors (Lipinski definition) is 2. The standard InChI is InChI=1S/C23H21ClO5/c1-15-19(21(25)26)8-5-11-23(15,22(27)28)13-17-9-10-18(12-20(17)24)29-14-16-6-3-2-4-7-16/h2-12,15H,13-14H2,1H3,(H,25,26)(H,27,28). The highest BCUT2D eigenvalue weighted by Crippen LogP contribution is 2.42. The monoisotopic (exact) mass is 412 g/mol. The molecule has 29 heavy (non-hydrogen) atoms. The van der Waals surface area contributed by atoms with Crippen LogP contribution in [0.3, 0.4) is 0 Å². The fraction of sp³-hybridized carbons (Fsp3) is 0.217. The fourth-order valence-corrected chi connectivity index (χ4v) is 3.74. The molecule has 0 saturated carbocycles. The number of halogens is 1. The summed E-state index contributed by atoms with van der Waals surface area (Å²) in [6, 6.07) is 14.8. The van der Waals surface area contributed by atoms with Crippen molar-refractivity contribution in [2.75, 3.05) is 0 Å². The van der Waals surface area contributed by atoms with Gasteiger partial charge in [0.1, 0.15) is 12.4 Å². The number of hydrogen-bond acceptors (Lipinski definition) is 3. The van der Waals surface area contributed by atoms with Crippen LogP contribution in [0.4, 0.5) is 0 Å². The number of carboxylic acid groups (broad SMARTS) is 2. The molecule has 3 rings (SSSR count). The molecule has 2 aromatic carbocycles. The minimum Gasteiger partial charge on any atom is -0.489 e. The Kier molecular flexibility index (Phi) is 6.09. The van der Waals surface area contributed by atoms with Gasteiger partial charge in [-0.25, -0.2) is 4.79 Å². The van der Waals surface area contributed by atoms with Crippen LogP contribution in [0.2, 0.25) is 5.02 Å². The van der Waals surface area contributed by atoms with Gasteiger partial charge in [-0.2, -0.15) is 0 Å². The summed E-state index contributed by atoms with van der Waals surface area (Å²) in [5.41, 5.74) is 0.309. The predicted molar refractivity (Wildman–Crippen MR) is 110 cm³/mol. The molecule has 0 aromatic heterocycles. The van der Waals surface area contributed by atoms with Crippen molar-refractivity contribution in [2.24, 2.45) is 11.3 Å². The van der Waals surface area contributed by atoms with Crippen LogP contribution in [-0.4, -0.2) is 22.2 Å². The second-order valence-corrected chi connectivity index (χ2v) is 7.46. The maximum atomic E-state index is 12.2. The zero-order chi connectivity index (χ0) is 21.0. The van der Waals surface area contributed by atoms with E-state index in [-0.39, 0.29) is 12.0 Å². The van der Waals surface area contributed by atoms with Crippen molar-refractivity contribution < 1.29 is 24.5 Å². The van der Waals surface area contributed by atoms with E-state index in [0.29, 0.717) is 22.9 Å². The number of carboxylic acids is 2. The van der Waals surface area contributed by atoms with Gasteiger partial charge in [0.05, 0.1) is 5.41 Å². The summed E-state index contributed by atoms with van der Waals surface area (Å²) >= 11 is 6.42. The van der Waals surface area contributed by atoms with Crippen LogP contribution in [0.5, 0.6) is 5.75 Å². The Hall–Kier alpha value is -3.05. The number of carbonyl (C=O) groups is 2. The molecule has 5 nitrogen and oxygen atoms in total. The smallest absolute Gasteiger partial charge is 0.331 e. The molecule has 0 radical (unpaired) electrons. The molecule has 0 amide bonds. The van der Waals surface area contributed by atoms with Crippen molar-refractivity contribution in [3.8, 4) is 5.75 Å². The SMILES string of the molecule is CC1C(C(=O)O)=CC=CC1(Cc1ccc(OCc2ccccc2)cc1Cl)C(=O)O. The number of rotatable bonds is 7. The van der Waals surface area contributed by atoms with Crippen molar-refractivity contribution in [1.29, 1.82) is 0 Å². The van der Waals surface area contributed by atoms with E-state index in [1.54, 1.807) is 31.2 Å². The van der Waals surface area contributed by atoms with E-state index >= 15 is 0 Å². The van der Waals surface area contributed by atoms with Gasteiger partial charge in [0.15, 0.2) is 0 Å². The first kappa shape index (κ1) is 20.7. The van der Waals surface area contributed by atoms with Crippen LogP contribution in [-0.2, 0) is 22.6 Å². The molecule has 1 aliphatic carbocycles. The molecule has 0 saturated heterocycles. The number of aliphatic carboxylic acids is 2. The summed E-state index contributed by atoms with van der Waals surface area (Å²) in [6.07, 6.45) is 4.55. The molecular formula is C23H21ClO5. The van der Waals surface area contributed by atoms with Crippen molar-refractivity contribution in [2.45, 2.75) is 20.0 Å². The van der Waals surface area contributed by atoms with Gasteiger partial charge < -0.3 is 14.9 Å². The zero-order valence-electron chi connectivity index (χ0n) is 15.8. The van der Waals surface area contributed by atoms with Gasteiger partial charge in [-0.15, -0.1) is 0 Å². The molecule has 0 fully saturated rings. The first-order valence-corrected chi connectivity index (χ1v) is 9.52. The topological polar surface area (TPSA) is 83.8 Å². The molecular weight excluding hydrogens is 392 g/mol. The lowest BCUT2D eigenvalue weighted by Gasteiger charge is -2.35. The molecule has 2 unspecified atom stereocenters. The molecule has 2 aromatic rings. The molecule has 0 heterocycles. The molecule has 1 aliphatic rings. The highest BCUT2D eigenvalue weighted by atomic mass is 35.5. The molecule has 0 aliphatic heterocycles. The van der Waals surface area contributed by atoms with Gasteiger partial charge in [0.25, 0.3) is 0 Å². The minimum atomic E-state index is -1.39. The quantitative estimate of drug-likeness (QED) is 0.685. The second kappa shape index (κ2) is 8.53. The Bertz CT molecular complexity index is 980. The van der Waals surface area contributed by atoms with Crippen LogP contribution in [0, 0.1) is 11.3 Å². The van der Waals surface area contributed by atoms with Crippen LogP contribution >= 0.6 is 11.6 Å². The zero-order valence-corrected chi connectivity index (χ0v) is 16.6. The van der Waals surface area contributed by atoms with Gasteiger partial charge in [-0.05, 0) is 29.7 Å². The van der Waals surface area contributed by atoms with Crippen LogP contribution in [0.15, 0.2) is 72.3 Å². The number of benzene rings is 2. The summed E-state index contributed by atoms with van der Waals surface area (Å²) < 4.78 is 5.76. The van der Waals surface area contributed by atoms with E-state index in [2.05, 4.69) is 0 Å². The van der Waals surface area contributed by atoms with Gasteiger partial charge in [0.2, 0.25) is 0 Å². The van der Waals surface area contributed by atoms with E-state index < -0.39 is 23.3 Å². The maximum absolute atomic E-state index is 12.2. The van der Waals surface area contributed by atoms with Gasteiger partial charge >= 0.3 is 11.9 Å². The van der Waals surface area contributed by atoms with E-state index in [1.807, 2.05) is 30.3 Å². The third-order valence-corrected chi connectivity index (χ3v) is 5.66. The predicted octanol–water partition coefficient (Wildman–Crippen LogP) is 4.75. The van der Waals surface area contributed by atoms with Crippen molar-refractivity contribution in [3.05, 3.63) is 88.5 Å². The highest BCUT2D eigenvalue weighted by Gasteiger charge is 2.46. The third kappa shape index (κ3) is 4.35. The maximum Gasteiger partial charge on any atom is 0.331 e. The largest absolute Gasteiger partial charge is 0.489 e. The van der Waals surface area contributed by atoms with Crippen LogP contribution in [0.25, 0.3) is 0 Å². The summed E-state index contributed by atoms with van der Waals surface area (Å²) in [6.45, 7) is 2.00. The average molecular weight is 413 g/mol. The molecule has 0 spiro atoms. The molecule has 6 heteroatoms. The molecule has 150 valence electrons. The van der Waals surface area contributed by atoms with Gasteiger partial charge in [0, 0.05) is 16.5 Å². The Morgan fingerprint density at radius 2 is 1.86 bits per heavy atom. The van der Waals surface area contributed by atoms with E-state index in [0.717, 1.165) is 5.56 Å². The molecule has 2 atom stereocenters. The highest BCUT2D eigenvalue weighted by molar-refractivity contribution is 6.31. The minimum absolute atomic E-state index is 0.0637. The van der Waals surface area contributed by atoms with Crippen molar-refractivity contribution in [3.63, 3.8) is 0 Å². The van der Waals surface area contributed by atoms with E-state index in [1.165, 1.54) is 12.2 Å². The number of allylic oxidation sites excluding steroid dienone is 2.